The number of nitrogens with one attached hydrogen (secondary N) is 1. The molecule has 4 heteroatoms. The van der Waals surface area contributed by atoms with E-state index in [-0.39, 0.29) is 5.91 Å². The number of carbonyl (C=O) groups excluding carboxylic acids is 2. The minimum atomic E-state index is -0.0572. The van der Waals surface area contributed by atoms with Crippen LogP contribution in [0.15, 0.2) is 24.3 Å². The Labute approximate surface area is 119 Å². The van der Waals surface area contributed by atoms with E-state index in [4.69, 9.17) is 0 Å². The number of fused-ring (bicyclic) bond motifs is 2. The summed E-state index contributed by atoms with van der Waals surface area (Å²) in [6.07, 6.45) is 4.81. The van der Waals surface area contributed by atoms with Gasteiger partial charge in [-0.05, 0) is 43.5 Å². The molecule has 0 aromatic heterocycles. The maximum Gasteiger partial charge on any atom is 0.221 e. The molecule has 20 heavy (non-hydrogen) atoms. The monoisotopic (exact) mass is 272 g/mol. The van der Waals surface area contributed by atoms with Gasteiger partial charge < -0.3 is 10.2 Å². The van der Waals surface area contributed by atoms with Gasteiger partial charge in [0.1, 0.15) is 5.78 Å². The summed E-state index contributed by atoms with van der Waals surface area (Å²) < 4.78 is 0. The second-order valence-electron chi connectivity index (χ2n) is 5.82. The average Bonchev–Trinajstić information content (AvgIpc) is 2.38. The molecule has 106 valence electrons. The smallest absolute Gasteiger partial charge is 0.221 e. The third-order valence-corrected chi connectivity index (χ3v) is 4.27. The van der Waals surface area contributed by atoms with Crippen molar-refractivity contribution in [1.82, 2.24) is 0 Å². The van der Waals surface area contributed by atoms with E-state index in [1.54, 1.807) is 0 Å². The molecule has 0 saturated carbocycles. The van der Waals surface area contributed by atoms with E-state index in [0.29, 0.717) is 30.7 Å². The fourth-order valence-corrected chi connectivity index (χ4v) is 3.52. The molecule has 2 aliphatic rings. The third-order valence-electron chi connectivity index (χ3n) is 4.27. The van der Waals surface area contributed by atoms with E-state index in [2.05, 4.69) is 10.2 Å². The zero-order valence-corrected chi connectivity index (χ0v) is 11.8. The van der Waals surface area contributed by atoms with Gasteiger partial charge in [0.25, 0.3) is 0 Å². The highest BCUT2D eigenvalue weighted by atomic mass is 16.1. The lowest BCUT2D eigenvalue weighted by atomic mass is 9.83. The molecule has 2 saturated heterocycles. The van der Waals surface area contributed by atoms with Gasteiger partial charge >= 0.3 is 0 Å². The molecule has 0 aliphatic carbocycles. The quantitative estimate of drug-likeness (QED) is 0.900. The topological polar surface area (TPSA) is 49.4 Å². The fourth-order valence-electron chi connectivity index (χ4n) is 3.52. The Balaban J connectivity index is 1.81. The molecule has 2 unspecified atom stereocenters. The van der Waals surface area contributed by atoms with Crippen molar-refractivity contribution in [3.8, 4) is 0 Å². The molecule has 0 spiro atoms. The van der Waals surface area contributed by atoms with Gasteiger partial charge in [-0.25, -0.2) is 0 Å². The maximum absolute atomic E-state index is 11.8. The number of benzene rings is 1. The Hall–Kier alpha value is -1.84. The summed E-state index contributed by atoms with van der Waals surface area (Å²) in [4.78, 5) is 25.2. The zero-order chi connectivity index (χ0) is 14.1. The van der Waals surface area contributed by atoms with Crippen LogP contribution in [0.1, 0.15) is 39.0 Å². The molecular formula is C16H20N2O2. The first-order chi connectivity index (χ1) is 9.63. The van der Waals surface area contributed by atoms with E-state index >= 15 is 0 Å². The fraction of sp³-hybridized carbons (Fsp3) is 0.500. The normalized spacial score (nSPS) is 25.4. The summed E-state index contributed by atoms with van der Waals surface area (Å²) in [5.74, 6) is 0.351. The summed E-state index contributed by atoms with van der Waals surface area (Å²) in [7, 11) is 0. The van der Waals surface area contributed by atoms with Crippen LogP contribution < -0.4 is 10.2 Å². The summed E-state index contributed by atoms with van der Waals surface area (Å²) in [5, 5.41) is 2.78. The van der Waals surface area contributed by atoms with Crippen LogP contribution in [0.5, 0.6) is 0 Å². The Kier molecular flexibility index (Phi) is 3.47. The number of carbonyl (C=O) groups is 2. The van der Waals surface area contributed by atoms with Gasteiger partial charge in [0.15, 0.2) is 0 Å². The Morgan fingerprint density at radius 3 is 2.30 bits per heavy atom. The van der Waals surface area contributed by atoms with Crippen molar-refractivity contribution in [3.05, 3.63) is 24.3 Å². The zero-order valence-electron chi connectivity index (χ0n) is 11.8. The number of piperidine rings is 2. The minimum absolute atomic E-state index is 0.0572. The molecule has 1 aromatic carbocycles. The largest absolute Gasteiger partial charge is 0.365 e. The van der Waals surface area contributed by atoms with Crippen LogP contribution in [0.25, 0.3) is 0 Å². The SMILES string of the molecule is CC(=O)Nc1ccc(N2C3CCCC2CC(=O)C3)cc1. The van der Waals surface area contributed by atoms with Crippen LogP contribution in [0.2, 0.25) is 0 Å². The first kappa shape index (κ1) is 13.2. The average molecular weight is 272 g/mol. The predicted molar refractivity (Wildman–Crippen MR) is 78.9 cm³/mol. The number of anilines is 2. The highest BCUT2D eigenvalue weighted by molar-refractivity contribution is 5.89. The number of ketones is 1. The van der Waals surface area contributed by atoms with Gasteiger partial charge in [0.05, 0.1) is 0 Å². The number of rotatable bonds is 2. The van der Waals surface area contributed by atoms with Gasteiger partial charge in [-0.15, -0.1) is 0 Å². The molecule has 3 rings (SSSR count). The predicted octanol–water partition coefficient (Wildman–Crippen LogP) is 2.74. The first-order valence-corrected chi connectivity index (χ1v) is 7.31. The summed E-state index contributed by atoms with van der Waals surface area (Å²) >= 11 is 0. The number of amides is 1. The van der Waals surface area contributed by atoms with Crippen LogP contribution in [-0.2, 0) is 9.59 Å². The maximum atomic E-state index is 11.8. The number of Topliss-reactive ketones (excluding diaryl/α,β-unsaturated/α-hetero) is 1. The van der Waals surface area contributed by atoms with Crippen LogP contribution in [0.4, 0.5) is 11.4 Å². The lowest BCUT2D eigenvalue weighted by Gasteiger charge is -2.47. The molecule has 1 N–H and O–H groups in total. The lowest BCUT2D eigenvalue weighted by Crippen LogP contribution is -2.52. The van der Waals surface area contributed by atoms with Gasteiger partial charge in [-0.3, -0.25) is 9.59 Å². The first-order valence-electron chi connectivity index (χ1n) is 7.31. The van der Waals surface area contributed by atoms with Crippen molar-refractivity contribution in [1.29, 1.82) is 0 Å². The van der Waals surface area contributed by atoms with Crippen LogP contribution >= 0.6 is 0 Å². The van der Waals surface area contributed by atoms with Crippen molar-refractivity contribution in [2.75, 3.05) is 10.2 Å². The van der Waals surface area contributed by atoms with Gasteiger partial charge in [-0.1, -0.05) is 0 Å². The van der Waals surface area contributed by atoms with E-state index in [9.17, 15) is 9.59 Å². The van der Waals surface area contributed by atoms with Crippen molar-refractivity contribution >= 4 is 23.1 Å². The molecule has 1 amide bonds. The van der Waals surface area contributed by atoms with Gasteiger partial charge in [0, 0.05) is 43.2 Å². The van der Waals surface area contributed by atoms with Crippen molar-refractivity contribution in [2.24, 2.45) is 0 Å². The van der Waals surface area contributed by atoms with E-state index in [1.165, 1.54) is 19.0 Å². The van der Waals surface area contributed by atoms with Gasteiger partial charge in [0.2, 0.25) is 5.91 Å². The van der Waals surface area contributed by atoms with Crippen LogP contribution in [-0.4, -0.2) is 23.8 Å². The summed E-state index contributed by atoms with van der Waals surface area (Å²) in [5.41, 5.74) is 1.99. The highest BCUT2D eigenvalue weighted by Crippen LogP contribution is 2.36. The highest BCUT2D eigenvalue weighted by Gasteiger charge is 2.37. The molecule has 2 atom stereocenters. The third kappa shape index (κ3) is 2.55. The molecular weight excluding hydrogens is 252 g/mol. The molecule has 2 fully saturated rings. The number of hydrogen-bond acceptors (Lipinski definition) is 3. The minimum Gasteiger partial charge on any atom is -0.365 e. The standard InChI is InChI=1S/C16H20N2O2/c1-11(19)17-12-5-7-13(8-6-12)18-14-3-2-4-15(18)10-16(20)9-14/h5-8,14-15H,2-4,9-10H2,1H3,(H,17,19). The Morgan fingerprint density at radius 2 is 1.75 bits per heavy atom. The second-order valence-corrected chi connectivity index (χ2v) is 5.82. The van der Waals surface area contributed by atoms with Gasteiger partial charge in [-0.2, -0.15) is 0 Å². The molecule has 2 heterocycles. The summed E-state index contributed by atoms with van der Waals surface area (Å²) in [6, 6.07) is 8.69. The lowest BCUT2D eigenvalue weighted by molar-refractivity contribution is -0.121. The summed E-state index contributed by atoms with van der Waals surface area (Å²) in [6.45, 7) is 1.51. The molecule has 1 aromatic rings. The van der Waals surface area contributed by atoms with Crippen molar-refractivity contribution in [2.45, 2.75) is 51.1 Å². The van der Waals surface area contributed by atoms with E-state index in [1.807, 2.05) is 24.3 Å². The van der Waals surface area contributed by atoms with Crippen LogP contribution in [0, 0.1) is 0 Å². The van der Waals surface area contributed by atoms with Crippen molar-refractivity contribution < 1.29 is 9.59 Å². The number of hydrogen-bond donors (Lipinski definition) is 1. The van der Waals surface area contributed by atoms with Crippen LogP contribution in [0.3, 0.4) is 0 Å². The van der Waals surface area contributed by atoms with E-state index < -0.39 is 0 Å². The molecule has 0 radical (unpaired) electrons. The Morgan fingerprint density at radius 1 is 1.15 bits per heavy atom. The Bertz CT molecular complexity index is 508. The van der Waals surface area contributed by atoms with Crippen molar-refractivity contribution in [3.63, 3.8) is 0 Å². The molecule has 4 nitrogen and oxygen atoms in total. The molecule has 2 bridgehead atoms. The molecule has 2 aliphatic heterocycles. The number of nitrogens with zero attached hydrogens (tertiary/aromatic N) is 1. The van der Waals surface area contributed by atoms with E-state index in [0.717, 1.165) is 18.5 Å². The second kappa shape index (κ2) is 5.27.